The Hall–Kier alpha value is -1.76. The SMILES string of the molecule is CN(C)C(=O)CCCn1cccc1C#N. The number of aryl methyl sites for hydroxylation is 1. The number of hydrogen-bond donors (Lipinski definition) is 0. The van der Waals surface area contributed by atoms with Crippen LogP contribution in [-0.4, -0.2) is 29.5 Å². The second-order valence-corrected chi connectivity index (χ2v) is 3.59. The summed E-state index contributed by atoms with van der Waals surface area (Å²) < 4.78 is 1.86. The van der Waals surface area contributed by atoms with Crippen LogP contribution in [0.1, 0.15) is 18.5 Å². The first-order chi connectivity index (χ1) is 7.15. The van der Waals surface area contributed by atoms with Gasteiger partial charge >= 0.3 is 0 Å². The lowest BCUT2D eigenvalue weighted by Crippen LogP contribution is -2.21. The fraction of sp³-hybridized carbons (Fsp3) is 0.455. The molecule has 1 amide bonds. The Morgan fingerprint density at radius 3 is 2.93 bits per heavy atom. The molecule has 0 aromatic carbocycles. The van der Waals surface area contributed by atoms with Crippen LogP contribution in [-0.2, 0) is 11.3 Å². The van der Waals surface area contributed by atoms with Crippen LogP contribution in [0.3, 0.4) is 0 Å². The first-order valence-electron chi connectivity index (χ1n) is 4.90. The molecule has 0 aliphatic heterocycles. The van der Waals surface area contributed by atoms with Crippen molar-refractivity contribution >= 4 is 5.91 Å². The molecule has 1 heterocycles. The summed E-state index contributed by atoms with van der Waals surface area (Å²) in [6, 6.07) is 5.72. The maximum atomic E-state index is 11.3. The van der Waals surface area contributed by atoms with Crippen LogP contribution in [0, 0.1) is 11.3 Å². The van der Waals surface area contributed by atoms with Crippen LogP contribution in [0.5, 0.6) is 0 Å². The number of rotatable bonds is 4. The molecule has 0 unspecified atom stereocenters. The molecule has 0 aliphatic rings. The van der Waals surface area contributed by atoms with Gasteiger partial charge in [0.05, 0.1) is 0 Å². The van der Waals surface area contributed by atoms with Crippen molar-refractivity contribution in [2.24, 2.45) is 0 Å². The van der Waals surface area contributed by atoms with Crippen molar-refractivity contribution in [1.82, 2.24) is 9.47 Å². The van der Waals surface area contributed by atoms with E-state index in [1.807, 2.05) is 16.8 Å². The van der Waals surface area contributed by atoms with Gasteiger partial charge < -0.3 is 9.47 Å². The summed E-state index contributed by atoms with van der Waals surface area (Å²) in [5.41, 5.74) is 0.646. The van der Waals surface area contributed by atoms with E-state index in [9.17, 15) is 4.79 Å². The molecule has 0 radical (unpaired) electrons. The van der Waals surface area contributed by atoms with Gasteiger partial charge in [-0.15, -0.1) is 0 Å². The van der Waals surface area contributed by atoms with E-state index >= 15 is 0 Å². The lowest BCUT2D eigenvalue weighted by molar-refractivity contribution is -0.128. The number of amides is 1. The fourth-order valence-corrected chi connectivity index (χ4v) is 1.33. The van der Waals surface area contributed by atoms with Gasteiger partial charge in [0.15, 0.2) is 0 Å². The monoisotopic (exact) mass is 205 g/mol. The maximum Gasteiger partial charge on any atom is 0.222 e. The molecule has 15 heavy (non-hydrogen) atoms. The number of nitriles is 1. The second-order valence-electron chi connectivity index (χ2n) is 3.59. The zero-order valence-corrected chi connectivity index (χ0v) is 9.10. The van der Waals surface area contributed by atoms with Crippen molar-refractivity contribution in [1.29, 1.82) is 5.26 Å². The van der Waals surface area contributed by atoms with E-state index in [-0.39, 0.29) is 5.91 Å². The predicted molar refractivity (Wildman–Crippen MR) is 57.1 cm³/mol. The van der Waals surface area contributed by atoms with Crippen molar-refractivity contribution in [3.63, 3.8) is 0 Å². The van der Waals surface area contributed by atoms with Crippen LogP contribution < -0.4 is 0 Å². The summed E-state index contributed by atoms with van der Waals surface area (Å²) in [7, 11) is 3.50. The third-order valence-electron chi connectivity index (χ3n) is 2.23. The third kappa shape index (κ3) is 3.13. The quantitative estimate of drug-likeness (QED) is 0.742. The van der Waals surface area contributed by atoms with Gasteiger partial charge in [-0.3, -0.25) is 4.79 Å². The Labute approximate surface area is 89.7 Å². The average Bonchev–Trinajstić information content (AvgIpc) is 2.65. The second kappa shape index (κ2) is 5.20. The Kier molecular flexibility index (Phi) is 3.92. The third-order valence-corrected chi connectivity index (χ3v) is 2.23. The first-order valence-corrected chi connectivity index (χ1v) is 4.90. The number of hydrogen-bond acceptors (Lipinski definition) is 2. The molecule has 0 fully saturated rings. The molecule has 0 bridgehead atoms. The highest BCUT2D eigenvalue weighted by Crippen LogP contribution is 2.03. The van der Waals surface area contributed by atoms with E-state index in [1.54, 1.807) is 25.1 Å². The Balaban J connectivity index is 2.39. The summed E-state index contributed by atoms with van der Waals surface area (Å²) in [6.07, 6.45) is 3.15. The van der Waals surface area contributed by atoms with Crippen LogP contribution in [0.2, 0.25) is 0 Å². The first kappa shape index (κ1) is 11.3. The Morgan fingerprint density at radius 1 is 1.60 bits per heavy atom. The van der Waals surface area contributed by atoms with Gasteiger partial charge in [-0.25, -0.2) is 0 Å². The van der Waals surface area contributed by atoms with Crippen LogP contribution in [0.4, 0.5) is 0 Å². The zero-order valence-electron chi connectivity index (χ0n) is 9.10. The lowest BCUT2D eigenvalue weighted by atomic mass is 10.3. The van der Waals surface area contributed by atoms with Gasteiger partial charge in [0.1, 0.15) is 11.8 Å². The molecule has 0 N–H and O–H groups in total. The minimum Gasteiger partial charge on any atom is -0.349 e. The van der Waals surface area contributed by atoms with Crippen molar-refractivity contribution in [3.05, 3.63) is 24.0 Å². The van der Waals surface area contributed by atoms with E-state index in [0.29, 0.717) is 12.1 Å². The Morgan fingerprint density at radius 2 is 2.33 bits per heavy atom. The summed E-state index contributed by atoms with van der Waals surface area (Å²) in [5, 5.41) is 8.76. The van der Waals surface area contributed by atoms with E-state index in [0.717, 1.165) is 13.0 Å². The molecule has 4 nitrogen and oxygen atoms in total. The van der Waals surface area contributed by atoms with Gasteiger partial charge in [0, 0.05) is 33.3 Å². The van der Waals surface area contributed by atoms with Crippen LogP contribution in [0.15, 0.2) is 18.3 Å². The summed E-state index contributed by atoms with van der Waals surface area (Å²) in [5.74, 6) is 0.126. The van der Waals surface area contributed by atoms with Crippen LogP contribution in [0.25, 0.3) is 0 Å². The largest absolute Gasteiger partial charge is 0.349 e. The molecule has 1 aromatic heterocycles. The van der Waals surface area contributed by atoms with Gasteiger partial charge in [0.25, 0.3) is 0 Å². The molecule has 1 rings (SSSR count). The van der Waals surface area contributed by atoms with E-state index in [4.69, 9.17) is 5.26 Å². The zero-order chi connectivity index (χ0) is 11.3. The molecule has 0 saturated heterocycles. The standard InChI is InChI=1S/C11H15N3O/c1-13(2)11(15)6-4-8-14-7-3-5-10(14)9-12/h3,5,7H,4,6,8H2,1-2H3. The molecular weight excluding hydrogens is 190 g/mol. The Bertz CT molecular complexity index is 373. The van der Waals surface area contributed by atoms with Crippen molar-refractivity contribution in [2.45, 2.75) is 19.4 Å². The molecule has 4 heteroatoms. The van der Waals surface area contributed by atoms with Gasteiger partial charge in [-0.2, -0.15) is 5.26 Å². The highest BCUT2D eigenvalue weighted by atomic mass is 16.2. The highest BCUT2D eigenvalue weighted by Gasteiger charge is 2.04. The molecule has 0 saturated carbocycles. The van der Waals surface area contributed by atoms with Gasteiger partial charge in [0.2, 0.25) is 5.91 Å². The van der Waals surface area contributed by atoms with Crippen molar-refractivity contribution in [2.75, 3.05) is 14.1 Å². The summed E-state index contributed by atoms with van der Waals surface area (Å²) in [6.45, 7) is 0.718. The van der Waals surface area contributed by atoms with Gasteiger partial charge in [-0.05, 0) is 18.6 Å². The predicted octanol–water partition coefficient (Wildman–Crippen LogP) is 1.23. The van der Waals surface area contributed by atoms with Gasteiger partial charge in [-0.1, -0.05) is 0 Å². The van der Waals surface area contributed by atoms with Crippen LogP contribution >= 0.6 is 0 Å². The molecule has 0 aliphatic carbocycles. The molecule has 0 atom stereocenters. The molecular formula is C11H15N3O. The van der Waals surface area contributed by atoms with E-state index in [1.165, 1.54) is 0 Å². The number of carbonyl (C=O) groups is 1. The number of nitrogens with zero attached hydrogens (tertiary/aromatic N) is 3. The summed E-state index contributed by atoms with van der Waals surface area (Å²) in [4.78, 5) is 12.9. The number of aromatic nitrogens is 1. The van der Waals surface area contributed by atoms with Crippen molar-refractivity contribution < 1.29 is 4.79 Å². The molecule has 80 valence electrons. The smallest absolute Gasteiger partial charge is 0.222 e. The molecule has 0 spiro atoms. The topological polar surface area (TPSA) is 49.0 Å². The fourth-order valence-electron chi connectivity index (χ4n) is 1.33. The minimum atomic E-state index is 0.126. The highest BCUT2D eigenvalue weighted by molar-refractivity contribution is 5.75. The van der Waals surface area contributed by atoms with E-state index < -0.39 is 0 Å². The minimum absolute atomic E-state index is 0.126. The number of carbonyl (C=O) groups excluding carboxylic acids is 1. The average molecular weight is 205 g/mol. The normalized spacial score (nSPS) is 9.67. The van der Waals surface area contributed by atoms with Crippen molar-refractivity contribution in [3.8, 4) is 6.07 Å². The molecule has 1 aromatic rings. The summed E-state index contributed by atoms with van der Waals surface area (Å²) >= 11 is 0. The maximum absolute atomic E-state index is 11.3. The van der Waals surface area contributed by atoms with E-state index in [2.05, 4.69) is 6.07 Å². The lowest BCUT2D eigenvalue weighted by Gasteiger charge is -2.10.